The van der Waals surface area contributed by atoms with Gasteiger partial charge in [0.1, 0.15) is 5.75 Å². The number of amides is 1. The molecule has 0 aliphatic rings. The Balaban J connectivity index is 1.55. The molecule has 130 valence electrons. The van der Waals surface area contributed by atoms with E-state index in [2.05, 4.69) is 32.1 Å². The highest BCUT2D eigenvalue weighted by molar-refractivity contribution is 8.01. The number of imidazole rings is 1. The Morgan fingerprint density at radius 3 is 3.12 bits per heavy atom. The average molecular weight is 394 g/mol. The number of hydrogen-bond donors (Lipinski definition) is 2. The second-order valence-corrected chi connectivity index (χ2v) is 7.94. The first-order valence-corrected chi connectivity index (χ1v) is 10.0. The molecule has 2 N–H and O–H groups in total. The molecule has 3 aromatic rings. The number of ether oxygens (including phenoxy) is 1. The average Bonchev–Trinajstić information content (AvgIpc) is 3.23. The van der Waals surface area contributed by atoms with Crippen LogP contribution in [-0.4, -0.2) is 44.7 Å². The number of carbonyl (C=O) groups is 1. The summed E-state index contributed by atoms with van der Waals surface area (Å²) in [6.07, 6.45) is 1.80. The molecule has 25 heavy (non-hydrogen) atoms. The topological polar surface area (TPSA) is 92.8 Å². The molecule has 0 atom stereocenters. The molecule has 0 saturated heterocycles. The van der Waals surface area contributed by atoms with E-state index in [4.69, 9.17) is 4.74 Å². The van der Waals surface area contributed by atoms with Gasteiger partial charge in [-0.15, -0.1) is 16.8 Å². The molecule has 3 rings (SSSR count). The lowest BCUT2D eigenvalue weighted by Gasteiger charge is -1.98. The van der Waals surface area contributed by atoms with Gasteiger partial charge in [0.15, 0.2) is 9.50 Å². The Hall–Kier alpha value is -2.04. The van der Waals surface area contributed by atoms with Crippen LogP contribution in [0, 0.1) is 0 Å². The van der Waals surface area contributed by atoms with E-state index in [1.807, 2.05) is 18.2 Å². The number of methoxy groups -OCH3 is 1. The number of aromatic nitrogens is 4. The van der Waals surface area contributed by atoms with Crippen LogP contribution in [0.3, 0.4) is 0 Å². The van der Waals surface area contributed by atoms with E-state index in [9.17, 15) is 4.79 Å². The molecule has 7 nitrogen and oxygen atoms in total. The van der Waals surface area contributed by atoms with E-state index in [1.165, 1.54) is 34.9 Å². The number of anilines is 1. The summed E-state index contributed by atoms with van der Waals surface area (Å²) >= 11 is 4.20. The molecular formula is C15H15N5O2S3. The Kier molecular flexibility index (Phi) is 5.95. The normalized spacial score (nSPS) is 10.8. The summed E-state index contributed by atoms with van der Waals surface area (Å²) in [5.41, 5.74) is 1.70. The van der Waals surface area contributed by atoms with Gasteiger partial charge in [0.25, 0.3) is 0 Å². The summed E-state index contributed by atoms with van der Waals surface area (Å²) in [5, 5.41) is 11.9. The zero-order valence-corrected chi connectivity index (χ0v) is 15.8. The van der Waals surface area contributed by atoms with Gasteiger partial charge >= 0.3 is 0 Å². The third-order valence-electron chi connectivity index (χ3n) is 2.98. The zero-order valence-electron chi connectivity index (χ0n) is 13.3. The van der Waals surface area contributed by atoms with Crippen LogP contribution in [0.1, 0.15) is 0 Å². The molecule has 0 aliphatic heterocycles. The van der Waals surface area contributed by atoms with Crippen LogP contribution >= 0.6 is 34.9 Å². The molecule has 0 unspecified atom stereocenters. The van der Waals surface area contributed by atoms with Crippen LogP contribution in [-0.2, 0) is 4.79 Å². The van der Waals surface area contributed by atoms with Crippen molar-refractivity contribution in [2.45, 2.75) is 9.50 Å². The molecule has 0 aliphatic carbocycles. The Labute approximate surface area is 156 Å². The summed E-state index contributed by atoms with van der Waals surface area (Å²) in [7, 11) is 1.62. The first-order chi connectivity index (χ1) is 12.2. The minimum atomic E-state index is -0.153. The summed E-state index contributed by atoms with van der Waals surface area (Å²) in [6.45, 7) is 3.66. The molecule has 0 saturated carbocycles. The van der Waals surface area contributed by atoms with E-state index in [0.717, 1.165) is 26.9 Å². The number of fused-ring (bicyclic) bond motifs is 1. The summed E-state index contributed by atoms with van der Waals surface area (Å²) in [4.78, 5) is 19.7. The number of nitrogens with one attached hydrogen (secondary N) is 2. The second-order valence-electron chi connectivity index (χ2n) is 4.73. The number of aromatic amines is 1. The monoisotopic (exact) mass is 393 g/mol. The van der Waals surface area contributed by atoms with Crippen LogP contribution in [0.4, 0.5) is 5.13 Å². The number of rotatable bonds is 8. The Bertz CT molecular complexity index is 892. The number of thioether (sulfide) groups is 2. The highest BCUT2D eigenvalue weighted by Gasteiger charge is 2.11. The number of hydrogen-bond acceptors (Lipinski definition) is 8. The maximum atomic E-state index is 12.0. The molecule has 0 bridgehead atoms. The standard InChI is InChI=1S/C15H15N5O2S3/c1-3-6-23-15-20-19-14(25-15)18-12(21)8-24-13-16-10-5-4-9(22-2)7-11(10)17-13/h3-5,7H,1,6,8H2,2H3,(H,16,17)(H,18,19,21). The predicted octanol–water partition coefficient (Wildman–Crippen LogP) is 3.43. The molecule has 2 aromatic heterocycles. The lowest BCUT2D eigenvalue weighted by Crippen LogP contribution is -2.13. The lowest BCUT2D eigenvalue weighted by molar-refractivity contribution is -0.113. The SMILES string of the molecule is C=CCSc1nnc(NC(=O)CSc2nc3ccc(OC)cc3[nH]2)s1. The molecule has 0 fully saturated rings. The van der Waals surface area contributed by atoms with Crippen LogP contribution in [0.25, 0.3) is 11.0 Å². The fourth-order valence-electron chi connectivity index (χ4n) is 1.90. The van der Waals surface area contributed by atoms with Gasteiger partial charge in [-0.25, -0.2) is 4.98 Å². The fourth-order valence-corrected chi connectivity index (χ4v) is 4.11. The molecule has 0 spiro atoms. The largest absolute Gasteiger partial charge is 0.497 e. The molecular weight excluding hydrogens is 378 g/mol. The van der Waals surface area contributed by atoms with Crippen molar-refractivity contribution in [1.29, 1.82) is 0 Å². The molecule has 2 heterocycles. The van der Waals surface area contributed by atoms with E-state index in [-0.39, 0.29) is 11.7 Å². The first-order valence-electron chi connectivity index (χ1n) is 7.21. The number of H-pyrrole nitrogens is 1. The van der Waals surface area contributed by atoms with Gasteiger partial charge in [-0.2, -0.15) is 0 Å². The van der Waals surface area contributed by atoms with Gasteiger partial charge < -0.3 is 9.72 Å². The van der Waals surface area contributed by atoms with E-state index in [1.54, 1.807) is 13.2 Å². The molecule has 0 radical (unpaired) electrons. The van der Waals surface area contributed by atoms with Crippen LogP contribution in [0.15, 0.2) is 40.4 Å². The number of benzene rings is 1. The van der Waals surface area contributed by atoms with Crippen molar-refractivity contribution >= 4 is 56.9 Å². The molecule has 1 amide bonds. The zero-order chi connectivity index (χ0) is 17.6. The van der Waals surface area contributed by atoms with Crippen molar-refractivity contribution in [3.05, 3.63) is 30.9 Å². The van der Waals surface area contributed by atoms with Crippen LogP contribution < -0.4 is 10.1 Å². The maximum absolute atomic E-state index is 12.0. The number of carbonyl (C=O) groups excluding carboxylic acids is 1. The second kappa shape index (κ2) is 8.37. The highest BCUT2D eigenvalue weighted by atomic mass is 32.2. The van der Waals surface area contributed by atoms with Gasteiger partial charge in [0.05, 0.1) is 23.9 Å². The Morgan fingerprint density at radius 1 is 1.44 bits per heavy atom. The quantitative estimate of drug-likeness (QED) is 0.344. The van der Waals surface area contributed by atoms with Gasteiger partial charge in [-0.3, -0.25) is 10.1 Å². The third kappa shape index (κ3) is 4.74. The predicted molar refractivity (Wildman–Crippen MR) is 103 cm³/mol. The summed E-state index contributed by atoms with van der Waals surface area (Å²) in [6, 6.07) is 5.59. The van der Waals surface area contributed by atoms with E-state index < -0.39 is 0 Å². The van der Waals surface area contributed by atoms with Gasteiger partial charge in [-0.05, 0) is 12.1 Å². The minimum Gasteiger partial charge on any atom is -0.497 e. The van der Waals surface area contributed by atoms with Gasteiger partial charge in [-0.1, -0.05) is 40.9 Å². The minimum absolute atomic E-state index is 0.153. The fraction of sp³-hybridized carbons (Fsp3) is 0.200. The van der Waals surface area contributed by atoms with Crippen molar-refractivity contribution < 1.29 is 9.53 Å². The number of nitrogens with zero attached hydrogens (tertiary/aromatic N) is 3. The van der Waals surface area contributed by atoms with Crippen molar-refractivity contribution in [1.82, 2.24) is 20.2 Å². The summed E-state index contributed by atoms with van der Waals surface area (Å²) in [5.74, 6) is 1.59. The van der Waals surface area contributed by atoms with Gasteiger partial charge in [0.2, 0.25) is 11.0 Å². The molecule has 10 heteroatoms. The maximum Gasteiger partial charge on any atom is 0.236 e. The van der Waals surface area contributed by atoms with Crippen molar-refractivity contribution in [2.75, 3.05) is 23.9 Å². The molecule has 1 aromatic carbocycles. The third-order valence-corrected chi connectivity index (χ3v) is 5.83. The summed E-state index contributed by atoms with van der Waals surface area (Å²) < 4.78 is 5.99. The van der Waals surface area contributed by atoms with Crippen LogP contribution in [0.2, 0.25) is 0 Å². The van der Waals surface area contributed by atoms with Crippen molar-refractivity contribution in [2.24, 2.45) is 0 Å². The van der Waals surface area contributed by atoms with Crippen molar-refractivity contribution in [3.8, 4) is 5.75 Å². The lowest BCUT2D eigenvalue weighted by atomic mass is 10.3. The highest BCUT2D eigenvalue weighted by Crippen LogP contribution is 2.26. The van der Waals surface area contributed by atoms with Crippen molar-refractivity contribution in [3.63, 3.8) is 0 Å². The van der Waals surface area contributed by atoms with Gasteiger partial charge in [0, 0.05) is 11.8 Å². The first kappa shape index (κ1) is 17.8. The Morgan fingerprint density at radius 2 is 2.32 bits per heavy atom. The van der Waals surface area contributed by atoms with E-state index >= 15 is 0 Å². The smallest absolute Gasteiger partial charge is 0.236 e. The van der Waals surface area contributed by atoms with Crippen LogP contribution in [0.5, 0.6) is 5.75 Å². The van der Waals surface area contributed by atoms with E-state index in [0.29, 0.717) is 10.3 Å².